The van der Waals surface area contributed by atoms with Gasteiger partial charge in [0.2, 0.25) is 5.91 Å². The van der Waals surface area contributed by atoms with Gasteiger partial charge in [0.05, 0.1) is 0 Å². The van der Waals surface area contributed by atoms with Gasteiger partial charge >= 0.3 is 0 Å². The summed E-state index contributed by atoms with van der Waals surface area (Å²) in [6.45, 7) is 2.18. The lowest BCUT2D eigenvalue weighted by molar-refractivity contribution is -0.117. The van der Waals surface area contributed by atoms with Crippen molar-refractivity contribution in [3.05, 3.63) is 29.8 Å². The number of anilines is 1. The van der Waals surface area contributed by atoms with Crippen LogP contribution in [-0.2, 0) is 4.79 Å². The zero-order chi connectivity index (χ0) is 17.1. The number of nitrogens with one attached hydrogen (secondary N) is 2. The second-order valence-corrected chi connectivity index (χ2v) is 7.20. The zero-order valence-electron chi connectivity index (χ0n) is 14.1. The Morgan fingerprint density at radius 1 is 1.25 bits per heavy atom. The maximum Gasteiger partial charge on any atom is 0.251 e. The molecular formula is C19H26N2O3. The Morgan fingerprint density at radius 3 is 2.71 bits per heavy atom. The van der Waals surface area contributed by atoms with E-state index in [1.54, 1.807) is 24.3 Å². The molecule has 2 saturated carbocycles. The van der Waals surface area contributed by atoms with E-state index in [-0.39, 0.29) is 36.3 Å². The maximum absolute atomic E-state index is 12.5. The van der Waals surface area contributed by atoms with Gasteiger partial charge in [0, 0.05) is 35.7 Å². The van der Waals surface area contributed by atoms with Crippen LogP contribution < -0.4 is 10.6 Å². The normalized spacial score (nSPS) is 28.9. The van der Waals surface area contributed by atoms with E-state index in [1.165, 1.54) is 0 Å². The highest BCUT2D eigenvalue weighted by atomic mass is 16.3. The van der Waals surface area contributed by atoms with Crippen molar-refractivity contribution < 1.29 is 14.7 Å². The second kappa shape index (κ2) is 7.34. The number of carbonyl (C=O) groups excluding carboxylic acids is 2. The molecule has 24 heavy (non-hydrogen) atoms. The summed E-state index contributed by atoms with van der Waals surface area (Å²) < 4.78 is 0. The van der Waals surface area contributed by atoms with Crippen LogP contribution in [0.1, 0.15) is 49.4 Å². The summed E-state index contributed by atoms with van der Waals surface area (Å²) >= 11 is 0. The Hall–Kier alpha value is -1.88. The predicted octanol–water partition coefficient (Wildman–Crippen LogP) is 2.56. The summed E-state index contributed by atoms with van der Waals surface area (Å²) in [5.41, 5.74) is 1.20. The lowest BCUT2D eigenvalue weighted by Gasteiger charge is -2.30. The van der Waals surface area contributed by atoms with E-state index in [4.69, 9.17) is 0 Å². The van der Waals surface area contributed by atoms with E-state index in [1.807, 2.05) is 0 Å². The highest BCUT2D eigenvalue weighted by molar-refractivity contribution is 5.98. The molecule has 0 aliphatic heterocycles. The molecule has 4 atom stereocenters. The van der Waals surface area contributed by atoms with Gasteiger partial charge < -0.3 is 15.7 Å². The number of rotatable bonds is 5. The number of aliphatic hydroxyl groups excluding tert-OH is 1. The molecule has 0 heterocycles. The number of aliphatic hydroxyl groups is 1. The van der Waals surface area contributed by atoms with Gasteiger partial charge in [-0.2, -0.15) is 0 Å². The molecule has 3 rings (SSSR count). The molecule has 2 aliphatic rings. The first-order chi connectivity index (χ1) is 11.6. The Bertz CT molecular complexity index is 616. The van der Waals surface area contributed by atoms with E-state index in [2.05, 4.69) is 17.6 Å². The number of hydrogen-bond acceptors (Lipinski definition) is 3. The van der Waals surface area contributed by atoms with Crippen LogP contribution in [-0.4, -0.2) is 29.6 Å². The SMILES string of the molecule is CC1CC1C(=O)Nc1cccc(C(=O)NC2CCCCC2CO)c1. The van der Waals surface area contributed by atoms with Gasteiger partial charge in [0.1, 0.15) is 0 Å². The number of carbonyl (C=O) groups is 2. The summed E-state index contributed by atoms with van der Waals surface area (Å²) in [5, 5.41) is 15.4. The quantitative estimate of drug-likeness (QED) is 0.776. The van der Waals surface area contributed by atoms with Crippen molar-refractivity contribution in [3.63, 3.8) is 0 Å². The summed E-state index contributed by atoms with van der Waals surface area (Å²) in [4.78, 5) is 24.5. The standard InChI is InChI=1S/C19H26N2O3/c1-12-9-16(12)19(24)20-15-7-4-6-13(10-15)18(23)21-17-8-3-2-5-14(17)11-22/h4,6-7,10,12,14,16-17,22H,2-3,5,8-9,11H2,1H3,(H,20,24)(H,21,23). The number of benzene rings is 1. The molecule has 0 saturated heterocycles. The smallest absolute Gasteiger partial charge is 0.251 e. The Balaban J connectivity index is 1.62. The molecular weight excluding hydrogens is 304 g/mol. The summed E-state index contributed by atoms with van der Waals surface area (Å²) in [7, 11) is 0. The van der Waals surface area contributed by atoms with Crippen molar-refractivity contribution in [1.82, 2.24) is 5.32 Å². The van der Waals surface area contributed by atoms with Crippen LogP contribution in [0.2, 0.25) is 0 Å². The van der Waals surface area contributed by atoms with E-state index in [0.29, 0.717) is 17.2 Å². The van der Waals surface area contributed by atoms with Crippen molar-refractivity contribution in [2.24, 2.45) is 17.8 Å². The minimum absolute atomic E-state index is 0.0295. The molecule has 0 aromatic heterocycles. The lowest BCUT2D eigenvalue weighted by Crippen LogP contribution is -2.43. The van der Waals surface area contributed by atoms with Gasteiger partial charge in [-0.3, -0.25) is 9.59 Å². The van der Waals surface area contributed by atoms with Crippen LogP contribution in [0, 0.1) is 17.8 Å². The average molecular weight is 330 g/mol. The summed E-state index contributed by atoms with van der Waals surface area (Å²) in [5.74, 6) is 0.596. The fourth-order valence-corrected chi connectivity index (χ4v) is 3.53. The second-order valence-electron chi connectivity index (χ2n) is 7.20. The van der Waals surface area contributed by atoms with Gasteiger partial charge in [-0.05, 0) is 43.4 Å². The van der Waals surface area contributed by atoms with Gasteiger partial charge in [-0.1, -0.05) is 25.8 Å². The molecule has 0 bridgehead atoms. The third kappa shape index (κ3) is 3.96. The Morgan fingerprint density at radius 2 is 2.00 bits per heavy atom. The van der Waals surface area contributed by atoms with Crippen molar-refractivity contribution in [2.45, 2.75) is 45.1 Å². The van der Waals surface area contributed by atoms with Gasteiger partial charge in [0.25, 0.3) is 5.91 Å². The molecule has 1 aromatic carbocycles. The van der Waals surface area contributed by atoms with Crippen molar-refractivity contribution in [1.29, 1.82) is 0 Å². The lowest BCUT2D eigenvalue weighted by atomic mass is 9.85. The first kappa shape index (κ1) is 17.0. The van der Waals surface area contributed by atoms with Crippen LogP contribution in [0.3, 0.4) is 0 Å². The van der Waals surface area contributed by atoms with E-state index in [0.717, 1.165) is 32.1 Å². The van der Waals surface area contributed by atoms with E-state index < -0.39 is 0 Å². The number of hydrogen-bond donors (Lipinski definition) is 3. The van der Waals surface area contributed by atoms with Crippen molar-refractivity contribution in [3.8, 4) is 0 Å². The van der Waals surface area contributed by atoms with E-state index in [9.17, 15) is 14.7 Å². The minimum Gasteiger partial charge on any atom is -0.396 e. The molecule has 5 heteroatoms. The first-order valence-corrected chi connectivity index (χ1v) is 8.91. The van der Waals surface area contributed by atoms with Gasteiger partial charge in [-0.15, -0.1) is 0 Å². The van der Waals surface area contributed by atoms with Crippen molar-refractivity contribution in [2.75, 3.05) is 11.9 Å². The topological polar surface area (TPSA) is 78.4 Å². The highest BCUT2D eigenvalue weighted by Gasteiger charge is 2.39. The summed E-state index contributed by atoms with van der Waals surface area (Å²) in [6.07, 6.45) is 5.00. The molecule has 2 amide bonds. The highest BCUT2D eigenvalue weighted by Crippen LogP contribution is 2.38. The molecule has 2 fully saturated rings. The van der Waals surface area contributed by atoms with Crippen molar-refractivity contribution >= 4 is 17.5 Å². The molecule has 3 N–H and O–H groups in total. The molecule has 4 unspecified atom stereocenters. The Labute approximate surface area is 142 Å². The van der Waals surface area contributed by atoms with Gasteiger partial charge in [-0.25, -0.2) is 0 Å². The van der Waals surface area contributed by atoms with Crippen LogP contribution >= 0.6 is 0 Å². The molecule has 2 aliphatic carbocycles. The largest absolute Gasteiger partial charge is 0.396 e. The first-order valence-electron chi connectivity index (χ1n) is 8.91. The number of amides is 2. The molecule has 130 valence electrons. The van der Waals surface area contributed by atoms with E-state index >= 15 is 0 Å². The molecule has 0 radical (unpaired) electrons. The average Bonchev–Trinajstić information content (AvgIpc) is 3.32. The fourth-order valence-electron chi connectivity index (χ4n) is 3.53. The monoisotopic (exact) mass is 330 g/mol. The minimum atomic E-state index is -0.142. The Kier molecular flexibility index (Phi) is 5.19. The summed E-state index contributed by atoms with van der Waals surface area (Å²) in [6, 6.07) is 7.09. The van der Waals surface area contributed by atoms with Crippen LogP contribution in [0.4, 0.5) is 5.69 Å². The van der Waals surface area contributed by atoms with Crippen LogP contribution in [0.15, 0.2) is 24.3 Å². The fraction of sp³-hybridized carbons (Fsp3) is 0.579. The molecule has 0 spiro atoms. The van der Waals surface area contributed by atoms with Gasteiger partial charge in [0.15, 0.2) is 0 Å². The maximum atomic E-state index is 12.5. The predicted molar refractivity (Wildman–Crippen MR) is 92.6 cm³/mol. The molecule has 1 aromatic rings. The molecule has 5 nitrogen and oxygen atoms in total. The third-order valence-corrected chi connectivity index (χ3v) is 5.30. The van der Waals surface area contributed by atoms with Crippen LogP contribution in [0.5, 0.6) is 0 Å². The third-order valence-electron chi connectivity index (χ3n) is 5.30. The van der Waals surface area contributed by atoms with Crippen LogP contribution in [0.25, 0.3) is 0 Å². The zero-order valence-corrected chi connectivity index (χ0v) is 14.1.